The van der Waals surface area contributed by atoms with E-state index in [1.807, 2.05) is 0 Å². The predicted octanol–water partition coefficient (Wildman–Crippen LogP) is 0.862. The van der Waals surface area contributed by atoms with Crippen molar-refractivity contribution < 1.29 is 0 Å². The fourth-order valence-electron chi connectivity index (χ4n) is 2.75. The van der Waals surface area contributed by atoms with E-state index in [2.05, 4.69) is 34.0 Å². The van der Waals surface area contributed by atoms with Crippen LogP contribution in [-0.4, -0.2) is 20.2 Å². The standard InChI is InChI=1S/C14H17N5O2/c1-6(2)7-3-8(7)9-4-11(18-19-12(9)15)10-5-16-14(21)17-13(10)20/h4-8H,3H2,1-2H3,(H2,15,19)(H2,16,17,20,21)/t7-,8+/m1/s1. The van der Waals surface area contributed by atoms with Crippen LogP contribution in [0.25, 0.3) is 11.3 Å². The van der Waals surface area contributed by atoms with Crippen molar-refractivity contribution in [3.63, 3.8) is 0 Å². The molecule has 110 valence electrons. The summed E-state index contributed by atoms with van der Waals surface area (Å²) >= 11 is 0. The van der Waals surface area contributed by atoms with E-state index >= 15 is 0 Å². The normalized spacial score (nSPS) is 20.7. The molecular formula is C14H17N5O2. The summed E-state index contributed by atoms with van der Waals surface area (Å²) < 4.78 is 0. The van der Waals surface area contributed by atoms with Crippen LogP contribution < -0.4 is 17.0 Å². The molecule has 1 aliphatic rings. The molecule has 1 aliphatic carbocycles. The van der Waals surface area contributed by atoms with Gasteiger partial charge in [-0.1, -0.05) is 13.8 Å². The number of H-pyrrole nitrogens is 2. The van der Waals surface area contributed by atoms with Gasteiger partial charge >= 0.3 is 5.69 Å². The van der Waals surface area contributed by atoms with Crippen LogP contribution in [0.4, 0.5) is 5.82 Å². The number of hydrogen-bond donors (Lipinski definition) is 3. The van der Waals surface area contributed by atoms with Gasteiger partial charge in [0.25, 0.3) is 5.56 Å². The van der Waals surface area contributed by atoms with Crippen LogP contribution in [0.3, 0.4) is 0 Å². The zero-order valence-electron chi connectivity index (χ0n) is 11.9. The first-order valence-corrected chi connectivity index (χ1v) is 6.93. The zero-order valence-corrected chi connectivity index (χ0v) is 11.9. The molecule has 0 bridgehead atoms. The third-order valence-electron chi connectivity index (χ3n) is 4.04. The first-order valence-electron chi connectivity index (χ1n) is 6.93. The number of rotatable bonds is 3. The minimum Gasteiger partial charge on any atom is -0.382 e. The molecule has 0 aromatic carbocycles. The molecule has 0 amide bonds. The minimum atomic E-state index is -0.547. The van der Waals surface area contributed by atoms with Gasteiger partial charge in [0.2, 0.25) is 0 Å². The SMILES string of the molecule is CC(C)[C@H]1C[C@@H]1c1cc(-c2c[nH]c(=O)[nH]c2=O)nnc1N. The van der Waals surface area contributed by atoms with E-state index in [-0.39, 0.29) is 5.56 Å². The Morgan fingerprint density at radius 2 is 2.10 bits per heavy atom. The van der Waals surface area contributed by atoms with Gasteiger partial charge in [-0.3, -0.25) is 9.78 Å². The monoisotopic (exact) mass is 287 g/mol. The molecular weight excluding hydrogens is 270 g/mol. The van der Waals surface area contributed by atoms with E-state index in [4.69, 9.17) is 5.73 Å². The summed E-state index contributed by atoms with van der Waals surface area (Å²) in [6.07, 6.45) is 2.42. The zero-order chi connectivity index (χ0) is 15.1. The molecule has 0 aliphatic heterocycles. The molecule has 2 aromatic rings. The van der Waals surface area contributed by atoms with Crippen molar-refractivity contribution in [1.82, 2.24) is 20.2 Å². The summed E-state index contributed by atoms with van der Waals surface area (Å²) in [5, 5.41) is 7.92. The number of nitrogens with two attached hydrogens (primary N) is 1. The van der Waals surface area contributed by atoms with Gasteiger partial charge in [-0.2, -0.15) is 0 Å². The fourth-order valence-corrected chi connectivity index (χ4v) is 2.75. The molecule has 1 saturated carbocycles. The van der Waals surface area contributed by atoms with Crippen molar-refractivity contribution in [2.45, 2.75) is 26.2 Å². The molecule has 2 atom stereocenters. The molecule has 4 N–H and O–H groups in total. The second kappa shape index (κ2) is 4.83. The van der Waals surface area contributed by atoms with Crippen LogP contribution in [0.1, 0.15) is 31.7 Å². The predicted molar refractivity (Wildman–Crippen MR) is 78.8 cm³/mol. The maximum absolute atomic E-state index is 11.8. The highest BCUT2D eigenvalue weighted by atomic mass is 16.2. The number of anilines is 1. The van der Waals surface area contributed by atoms with Crippen LogP contribution in [-0.2, 0) is 0 Å². The quantitative estimate of drug-likeness (QED) is 0.774. The van der Waals surface area contributed by atoms with Crippen LogP contribution in [0.15, 0.2) is 21.9 Å². The van der Waals surface area contributed by atoms with E-state index in [1.54, 1.807) is 6.07 Å². The van der Waals surface area contributed by atoms with Crippen molar-refractivity contribution in [1.29, 1.82) is 0 Å². The molecule has 21 heavy (non-hydrogen) atoms. The van der Waals surface area contributed by atoms with Crippen LogP contribution in [0.2, 0.25) is 0 Å². The molecule has 1 fully saturated rings. The van der Waals surface area contributed by atoms with Crippen molar-refractivity contribution in [3.05, 3.63) is 38.7 Å². The van der Waals surface area contributed by atoms with Gasteiger partial charge in [0.05, 0.1) is 5.56 Å². The summed E-state index contributed by atoms with van der Waals surface area (Å²) in [6.45, 7) is 4.37. The molecule has 7 nitrogen and oxygen atoms in total. The first-order chi connectivity index (χ1) is 9.97. The Hall–Kier alpha value is -2.44. The van der Waals surface area contributed by atoms with E-state index in [0.29, 0.717) is 29.3 Å². The maximum atomic E-state index is 11.8. The Labute approximate surface area is 120 Å². The van der Waals surface area contributed by atoms with Crippen molar-refractivity contribution in [3.8, 4) is 11.3 Å². The van der Waals surface area contributed by atoms with Crippen LogP contribution in [0.5, 0.6) is 0 Å². The van der Waals surface area contributed by atoms with Gasteiger partial charge < -0.3 is 10.7 Å². The maximum Gasteiger partial charge on any atom is 0.325 e. The lowest BCUT2D eigenvalue weighted by Crippen LogP contribution is -2.23. The number of hydrogen-bond acceptors (Lipinski definition) is 5. The molecule has 0 spiro atoms. The summed E-state index contributed by atoms with van der Waals surface area (Å²) in [4.78, 5) is 27.5. The second-order valence-corrected chi connectivity index (χ2v) is 5.81. The molecule has 7 heteroatoms. The van der Waals surface area contributed by atoms with Crippen LogP contribution in [0, 0.1) is 11.8 Å². The molecule has 2 aromatic heterocycles. The number of nitrogen functional groups attached to an aromatic ring is 1. The Kier molecular flexibility index (Phi) is 3.12. The molecule has 2 heterocycles. The third kappa shape index (κ3) is 2.46. The van der Waals surface area contributed by atoms with E-state index < -0.39 is 11.2 Å². The number of nitrogens with zero attached hydrogens (tertiary/aromatic N) is 2. The summed E-state index contributed by atoms with van der Waals surface area (Å²) in [6, 6.07) is 1.80. The van der Waals surface area contributed by atoms with Crippen molar-refractivity contribution >= 4 is 5.82 Å². The lowest BCUT2D eigenvalue weighted by molar-refractivity contribution is 0.548. The molecule has 0 saturated heterocycles. The second-order valence-electron chi connectivity index (χ2n) is 5.81. The van der Waals surface area contributed by atoms with E-state index in [9.17, 15) is 9.59 Å². The van der Waals surface area contributed by atoms with Gasteiger partial charge in [0.1, 0.15) is 11.5 Å². The third-order valence-corrected chi connectivity index (χ3v) is 4.04. The largest absolute Gasteiger partial charge is 0.382 e. The summed E-state index contributed by atoms with van der Waals surface area (Å²) in [7, 11) is 0. The van der Waals surface area contributed by atoms with Gasteiger partial charge in [-0.05, 0) is 30.2 Å². The lowest BCUT2D eigenvalue weighted by Gasteiger charge is -2.07. The highest BCUT2D eigenvalue weighted by Crippen LogP contribution is 2.53. The first kappa shape index (κ1) is 13.5. The van der Waals surface area contributed by atoms with Crippen molar-refractivity contribution in [2.75, 3.05) is 5.73 Å². The number of aromatic nitrogens is 4. The van der Waals surface area contributed by atoms with Crippen LogP contribution >= 0.6 is 0 Å². The topological polar surface area (TPSA) is 118 Å². The Morgan fingerprint density at radius 3 is 2.71 bits per heavy atom. The van der Waals surface area contributed by atoms with Crippen molar-refractivity contribution in [2.24, 2.45) is 11.8 Å². The number of aromatic amines is 2. The Morgan fingerprint density at radius 1 is 1.33 bits per heavy atom. The van der Waals surface area contributed by atoms with Gasteiger partial charge in [0.15, 0.2) is 0 Å². The lowest BCUT2D eigenvalue weighted by atomic mass is 10.0. The molecule has 0 unspecified atom stereocenters. The smallest absolute Gasteiger partial charge is 0.325 e. The minimum absolute atomic E-state index is 0.282. The average molecular weight is 287 g/mol. The average Bonchev–Trinajstić information content (AvgIpc) is 3.20. The summed E-state index contributed by atoms with van der Waals surface area (Å²) in [5.74, 6) is 1.97. The highest BCUT2D eigenvalue weighted by Gasteiger charge is 2.41. The molecule has 3 rings (SSSR count). The van der Waals surface area contributed by atoms with E-state index in [1.165, 1.54) is 6.20 Å². The van der Waals surface area contributed by atoms with Gasteiger partial charge in [-0.25, -0.2) is 4.79 Å². The van der Waals surface area contributed by atoms with E-state index in [0.717, 1.165) is 12.0 Å². The fraction of sp³-hybridized carbons (Fsp3) is 0.429. The van der Waals surface area contributed by atoms with Gasteiger partial charge in [-0.15, -0.1) is 10.2 Å². The van der Waals surface area contributed by atoms with Gasteiger partial charge in [0, 0.05) is 11.8 Å². The highest BCUT2D eigenvalue weighted by molar-refractivity contribution is 5.60. The molecule has 0 radical (unpaired) electrons. The Balaban J connectivity index is 2.02. The number of nitrogens with one attached hydrogen (secondary N) is 2. The summed E-state index contributed by atoms with van der Waals surface area (Å²) in [5.41, 5.74) is 6.52. The Bertz CT molecular complexity index is 792.